The summed E-state index contributed by atoms with van der Waals surface area (Å²) in [6.45, 7) is 6.91. The molecule has 0 aromatic heterocycles. The first-order chi connectivity index (χ1) is 11.0. The minimum atomic E-state index is -0.145. The number of likely N-dealkylation sites (tertiary alicyclic amines) is 1. The van der Waals surface area contributed by atoms with E-state index in [9.17, 15) is 4.79 Å². The van der Waals surface area contributed by atoms with Gasteiger partial charge < -0.3 is 15.0 Å². The predicted octanol–water partition coefficient (Wildman–Crippen LogP) is 2.55. The zero-order chi connectivity index (χ0) is 16.8. The van der Waals surface area contributed by atoms with Gasteiger partial charge in [0.05, 0.1) is 19.6 Å². The third-order valence-corrected chi connectivity index (χ3v) is 4.33. The summed E-state index contributed by atoms with van der Waals surface area (Å²) in [5.74, 6) is 0.843. The summed E-state index contributed by atoms with van der Waals surface area (Å²) in [5.41, 5.74) is 1.10. The first-order valence-corrected chi connectivity index (χ1v) is 8.28. The first kappa shape index (κ1) is 17.6. The van der Waals surface area contributed by atoms with E-state index in [1.165, 1.54) is 7.11 Å². The zero-order valence-electron chi connectivity index (χ0n) is 13.9. The lowest BCUT2D eigenvalue weighted by molar-refractivity contribution is -0.145. The monoisotopic (exact) mass is 337 g/mol. The Bertz CT molecular complexity index is 559. The van der Waals surface area contributed by atoms with Crippen LogP contribution >= 0.6 is 11.6 Å². The van der Waals surface area contributed by atoms with Crippen molar-refractivity contribution < 1.29 is 9.53 Å². The molecule has 0 amide bonds. The topological polar surface area (TPSA) is 53.9 Å². The average Bonchev–Trinajstić information content (AvgIpc) is 2.94. The van der Waals surface area contributed by atoms with Gasteiger partial charge in [0.2, 0.25) is 0 Å². The molecule has 1 heterocycles. The SMILES string of the molecule is CCNC(=NCc1ccc(Cl)cc1)N1CC(C)C(C(=O)OC)C1. The number of benzene rings is 1. The number of rotatable bonds is 4. The van der Waals surface area contributed by atoms with E-state index < -0.39 is 0 Å². The Hall–Kier alpha value is -1.75. The van der Waals surface area contributed by atoms with E-state index in [1.807, 2.05) is 31.2 Å². The van der Waals surface area contributed by atoms with E-state index >= 15 is 0 Å². The normalized spacial score (nSPS) is 21.4. The number of nitrogens with zero attached hydrogens (tertiary/aromatic N) is 2. The van der Waals surface area contributed by atoms with Crippen LogP contribution in [0.5, 0.6) is 0 Å². The van der Waals surface area contributed by atoms with Gasteiger partial charge in [0.1, 0.15) is 0 Å². The summed E-state index contributed by atoms with van der Waals surface area (Å²) in [5, 5.41) is 4.02. The summed E-state index contributed by atoms with van der Waals surface area (Å²) in [4.78, 5) is 18.7. The fourth-order valence-electron chi connectivity index (χ4n) is 2.78. The van der Waals surface area contributed by atoms with Crippen LogP contribution < -0.4 is 5.32 Å². The number of halogens is 1. The molecule has 0 bridgehead atoms. The van der Waals surface area contributed by atoms with Gasteiger partial charge in [0, 0.05) is 24.7 Å². The van der Waals surface area contributed by atoms with Crippen molar-refractivity contribution in [2.75, 3.05) is 26.7 Å². The predicted molar refractivity (Wildman–Crippen MR) is 92.5 cm³/mol. The summed E-state index contributed by atoms with van der Waals surface area (Å²) in [6, 6.07) is 7.67. The van der Waals surface area contributed by atoms with E-state index in [1.54, 1.807) is 0 Å². The van der Waals surface area contributed by atoms with Crippen molar-refractivity contribution in [1.29, 1.82) is 0 Å². The van der Waals surface area contributed by atoms with Gasteiger partial charge in [-0.25, -0.2) is 4.99 Å². The number of carbonyl (C=O) groups is 1. The van der Waals surface area contributed by atoms with Gasteiger partial charge in [0.25, 0.3) is 0 Å². The number of hydrogen-bond donors (Lipinski definition) is 1. The summed E-state index contributed by atoms with van der Waals surface area (Å²) >= 11 is 5.90. The van der Waals surface area contributed by atoms with Gasteiger partial charge in [-0.1, -0.05) is 30.7 Å². The molecule has 5 nitrogen and oxygen atoms in total. The number of nitrogens with one attached hydrogen (secondary N) is 1. The Morgan fingerprint density at radius 1 is 1.39 bits per heavy atom. The number of esters is 1. The van der Waals surface area contributed by atoms with Gasteiger partial charge in [0.15, 0.2) is 5.96 Å². The molecule has 2 unspecified atom stereocenters. The maximum atomic E-state index is 11.8. The molecule has 0 saturated carbocycles. The zero-order valence-corrected chi connectivity index (χ0v) is 14.6. The third-order valence-electron chi connectivity index (χ3n) is 4.08. The van der Waals surface area contributed by atoms with Crippen molar-refractivity contribution >= 4 is 23.5 Å². The van der Waals surface area contributed by atoms with Crippen LogP contribution in [0.2, 0.25) is 5.02 Å². The van der Waals surface area contributed by atoms with Crippen LogP contribution in [-0.2, 0) is 16.1 Å². The largest absolute Gasteiger partial charge is 0.469 e. The van der Waals surface area contributed by atoms with Crippen LogP contribution in [0.4, 0.5) is 0 Å². The Morgan fingerprint density at radius 2 is 2.09 bits per heavy atom. The van der Waals surface area contributed by atoms with E-state index in [0.29, 0.717) is 13.1 Å². The fourth-order valence-corrected chi connectivity index (χ4v) is 2.91. The second kappa shape index (κ2) is 8.20. The summed E-state index contributed by atoms with van der Waals surface area (Å²) in [7, 11) is 1.44. The Balaban J connectivity index is 2.07. The molecule has 0 radical (unpaired) electrons. The van der Waals surface area contributed by atoms with Crippen LogP contribution in [-0.4, -0.2) is 43.6 Å². The second-order valence-electron chi connectivity index (χ2n) is 5.81. The number of ether oxygens (including phenoxy) is 1. The van der Waals surface area contributed by atoms with Crippen LogP contribution in [0.25, 0.3) is 0 Å². The number of methoxy groups -OCH3 is 1. The molecule has 1 N–H and O–H groups in total. The summed E-state index contributed by atoms with van der Waals surface area (Å²) in [6.07, 6.45) is 0. The molecule has 1 aliphatic rings. The highest BCUT2D eigenvalue weighted by molar-refractivity contribution is 6.30. The molecule has 1 aromatic rings. The van der Waals surface area contributed by atoms with Crippen LogP contribution in [0.1, 0.15) is 19.4 Å². The van der Waals surface area contributed by atoms with E-state index in [4.69, 9.17) is 16.3 Å². The minimum absolute atomic E-state index is 0.0978. The van der Waals surface area contributed by atoms with Crippen LogP contribution in [0.15, 0.2) is 29.3 Å². The lowest BCUT2D eigenvalue weighted by Crippen LogP contribution is -2.40. The quantitative estimate of drug-likeness (QED) is 0.521. The van der Waals surface area contributed by atoms with Gasteiger partial charge in [-0.2, -0.15) is 0 Å². The van der Waals surface area contributed by atoms with Gasteiger partial charge in [-0.15, -0.1) is 0 Å². The molecular formula is C17H24ClN3O2. The molecule has 2 atom stereocenters. The van der Waals surface area contributed by atoms with Crippen molar-refractivity contribution in [2.45, 2.75) is 20.4 Å². The molecule has 0 aliphatic carbocycles. The molecule has 23 heavy (non-hydrogen) atoms. The van der Waals surface area contributed by atoms with E-state index in [2.05, 4.69) is 22.1 Å². The Kier molecular flexibility index (Phi) is 6.28. The number of carbonyl (C=O) groups excluding carboxylic acids is 1. The molecular weight excluding hydrogens is 314 g/mol. The third kappa shape index (κ3) is 4.61. The van der Waals surface area contributed by atoms with E-state index in [-0.39, 0.29) is 17.8 Å². The van der Waals surface area contributed by atoms with Gasteiger partial charge in [-0.05, 0) is 30.5 Å². The highest BCUT2D eigenvalue weighted by Crippen LogP contribution is 2.24. The Labute approximate surface area is 142 Å². The number of hydrogen-bond acceptors (Lipinski definition) is 3. The molecule has 1 aromatic carbocycles. The number of guanidine groups is 1. The molecule has 6 heteroatoms. The number of aliphatic imine (C=N–C) groups is 1. The van der Waals surface area contributed by atoms with Gasteiger partial charge in [-0.3, -0.25) is 4.79 Å². The lowest BCUT2D eigenvalue weighted by Gasteiger charge is -2.21. The van der Waals surface area contributed by atoms with Crippen molar-refractivity contribution in [3.8, 4) is 0 Å². The van der Waals surface area contributed by atoms with E-state index in [0.717, 1.165) is 29.6 Å². The first-order valence-electron chi connectivity index (χ1n) is 7.90. The molecule has 1 aliphatic heterocycles. The smallest absolute Gasteiger partial charge is 0.310 e. The van der Waals surface area contributed by atoms with Crippen molar-refractivity contribution in [1.82, 2.24) is 10.2 Å². The molecule has 1 saturated heterocycles. The molecule has 2 rings (SSSR count). The molecule has 0 spiro atoms. The van der Waals surface area contributed by atoms with Crippen LogP contribution in [0.3, 0.4) is 0 Å². The highest BCUT2D eigenvalue weighted by atomic mass is 35.5. The minimum Gasteiger partial charge on any atom is -0.469 e. The molecule has 1 fully saturated rings. The van der Waals surface area contributed by atoms with Gasteiger partial charge >= 0.3 is 5.97 Å². The maximum absolute atomic E-state index is 11.8. The lowest BCUT2D eigenvalue weighted by atomic mass is 9.99. The second-order valence-corrected chi connectivity index (χ2v) is 6.24. The standard InChI is InChI=1S/C17H24ClN3O2/c1-4-19-17(20-9-13-5-7-14(18)8-6-13)21-10-12(2)15(11-21)16(22)23-3/h5-8,12,15H,4,9-11H2,1-3H3,(H,19,20). The Morgan fingerprint density at radius 3 is 2.70 bits per heavy atom. The molecule has 126 valence electrons. The van der Waals surface area contributed by atoms with Crippen molar-refractivity contribution in [2.24, 2.45) is 16.8 Å². The van der Waals surface area contributed by atoms with Crippen molar-refractivity contribution in [3.05, 3.63) is 34.9 Å². The fraction of sp³-hybridized carbons (Fsp3) is 0.529. The van der Waals surface area contributed by atoms with Crippen molar-refractivity contribution in [3.63, 3.8) is 0 Å². The highest BCUT2D eigenvalue weighted by Gasteiger charge is 2.36. The van der Waals surface area contributed by atoms with Crippen LogP contribution in [0, 0.1) is 11.8 Å². The average molecular weight is 338 g/mol. The summed E-state index contributed by atoms with van der Waals surface area (Å²) < 4.78 is 4.89. The maximum Gasteiger partial charge on any atom is 0.310 e.